The first kappa shape index (κ1) is 31.8. The Morgan fingerprint density at radius 2 is 1.60 bits per heavy atom. The van der Waals surface area contributed by atoms with Crippen LogP contribution in [0.2, 0.25) is 0 Å². The lowest BCUT2D eigenvalue weighted by Gasteiger charge is -2.50. The molecule has 2 heterocycles. The molecule has 0 unspecified atom stereocenters. The van der Waals surface area contributed by atoms with Crippen molar-refractivity contribution in [3.8, 4) is 11.5 Å². The maximum atomic E-state index is 14.3. The number of amides is 4. The molecule has 3 aromatic rings. The Hall–Kier alpha value is -3.74. The third-order valence-corrected chi connectivity index (χ3v) is 12.3. The monoisotopic (exact) mass is 784 g/mol. The summed E-state index contributed by atoms with van der Waals surface area (Å²) in [5.41, 5.74) is 2.35. The number of carbonyl (C=O) groups excluding carboxylic acids is 5. The number of phenolic OH excluding ortho intramolecular Hbond substituents is 1. The van der Waals surface area contributed by atoms with Crippen molar-refractivity contribution in [2.75, 3.05) is 19.1 Å². The van der Waals surface area contributed by atoms with Crippen LogP contribution >= 0.6 is 45.8 Å². The van der Waals surface area contributed by atoms with Crippen LogP contribution in [0.5, 0.6) is 11.5 Å². The molecular formula is C35H27Cl2IN2O7. The van der Waals surface area contributed by atoms with Crippen LogP contribution in [0, 0.1) is 21.3 Å². The molecular weight excluding hydrogens is 758 g/mol. The largest absolute Gasteiger partial charge is 0.504 e. The number of rotatable bonds is 5. The second kappa shape index (κ2) is 11.2. The Morgan fingerprint density at radius 1 is 0.936 bits per heavy atom. The molecule has 9 nitrogen and oxygen atoms in total. The standard InChI is InChI=1S/C35H27Cl2IN2O7/c1-39-32(45)34(36)16-23-21(27(35(34,37)33(39)46)19-14-24(38)29(42)25(15-19)47-2)12-13-22-26(23)31(44)40(30(22)43)20-10-8-18(9-11-20)28(41)17-6-4-3-5-7-17/h3-12,14-15,22-23,26-27,42H,13,16H2,1-2H3/t22-,23+,26-,27-,34+,35-/m0/s1. The summed E-state index contributed by atoms with van der Waals surface area (Å²) in [6.45, 7) is 0. The van der Waals surface area contributed by atoms with Crippen molar-refractivity contribution in [3.63, 3.8) is 0 Å². The molecule has 4 amide bonds. The third-order valence-electron chi connectivity index (χ3n) is 10.0. The number of benzene rings is 3. The van der Waals surface area contributed by atoms with Crippen LogP contribution in [0.25, 0.3) is 0 Å². The summed E-state index contributed by atoms with van der Waals surface area (Å²) >= 11 is 16.4. The van der Waals surface area contributed by atoms with Gasteiger partial charge in [0.1, 0.15) is 0 Å². The molecule has 3 fully saturated rings. The predicted octanol–water partition coefficient (Wildman–Crippen LogP) is 5.43. The smallest absolute Gasteiger partial charge is 0.253 e. The quantitative estimate of drug-likeness (QED) is 0.121. The number of nitrogens with zero attached hydrogens (tertiary/aromatic N) is 2. The van der Waals surface area contributed by atoms with Gasteiger partial charge < -0.3 is 9.84 Å². The number of fused-ring (bicyclic) bond motifs is 4. The minimum Gasteiger partial charge on any atom is -0.504 e. The van der Waals surface area contributed by atoms with Crippen LogP contribution in [0.1, 0.15) is 40.2 Å². The van der Waals surface area contributed by atoms with Crippen molar-refractivity contribution in [3.05, 3.63) is 98.6 Å². The maximum Gasteiger partial charge on any atom is 0.253 e. The molecule has 240 valence electrons. The van der Waals surface area contributed by atoms with Gasteiger partial charge >= 0.3 is 0 Å². The van der Waals surface area contributed by atoms with Gasteiger partial charge in [-0.2, -0.15) is 0 Å². The molecule has 1 N–H and O–H groups in total. The fourth-order valence-electron chi connectivity index (χ4n) is 7.81. The van der Waals surface area contributed by atoms with Crippen molar-refractivity contribution in [1.82, 2.24) is 4.90 Å². The number of allylic oxidation sites excluding steroid dienone is 2. The molecule has 1 saturated carbocycles. The normalized spacial score (nSPS) is 29.8. The summed E-state index contributed by atoms with van der Waals surface area (Å²) in [7, 11) is 2.72. The highest BCUT2D eigenvalue weighted by Gasteiger charge is 2.76. The van der Waals surface area contributed by atoms with Gasteiger partial charge in [0.25, 0.3) is 11.8 Å². The average molecular weight is 785 g/mol. The summed E-state index contributed by atoms with van der Waals surface area (Å²) in [6, 6.07) is 18.3. The number of halogens is 3. The number of hydrogen-bond acceptors (Lipinski definition) is 7. The van der Waals surface area contributed by atoms with Crippen LogP contribution in [0.4, 0.5) is 5.69 Å². The lowest BCUT2D eigenvalue weighted by Crippen LogP contribution is -2.60. The summed E-state index contributed by atoms with van der Waals surface area (Å²) in [6.07, 6.45) is 1.90. The lowest BCUT2D eigenvalue weighted by molar-refractivity contribution is -0.138. The molecule has 2 saturated heterocycles. The van der Waals surface area contributed by atoms with Gasteiger partial charge in [0.05, 0.1) is 28.2 Å². The minimum atomic E-state index is -1.95. The van der Waals surface area contributed by atoms with E-state index in [0.717, 1.165) is 9.80 Å². The van der Waals surface area contributed by atoms with Crippen molar-refractivity contribution in [2.24, 2.45) is 17.8 Å². The first-order valence-electron chi connectivity index (χ1n) is 14.9. The number of methoxy groups -OCH3 is 1. The summed E-state index contributed by atoms with van der Waals surface area (Å²) in [4.78, 5) is 66.9. The first-order chi connectivity index (χ1) is 22.3. The molecule has 0 bridgehead atoms. The van der Waals surface area contributed by atoms with Crippen molar-refractivity contribution >= 4 is 80.9 Å². The number of carbonyl (C=O) groups is 5. The van der Waals surface area contributed by atoms with E-state index in [1.807, 2.05) is 34.7 Å². The van der Waals surface area contributed by atoms with E-state index in [9.17, 15) is 29.1 Å². The van der Waals surface area contributed by atoms with E-state index in [-0.39, 0.29) is 30.1 Å². The zero-order valence-corrected chi connectivity index (χ0v) is 28.7. The van der Waals surface area contributed by atoms with E-state index < -0.39 is 57.0 Å². The van der Waals surface area contributed by atoms with Gasteiger partial charge in [-0.05, 0) is 83.3 Å². The number of likely N-dealkylation sites (tertiary alicyclic amines) is 1. The molecule has 0 spiro atoms. The minimum absolute atomic E-state index is 0.0997. The first-order valence-corrected chi connectivity index (χ1v) is 16.7. The molecule has 2 aliphatic heterocycles. The van der Waals surface area contributed by atoms with Gasteiger partial charge in [-0.3, -0.25) is 33.8 Å². The topological polar surface area (TPSA) is 121 Å². The zero-order valence-electron chi connectivity index (χ0n) is 25.1. The number of phenols is 1. The van der Waals surface area contributed by atoms with E-state index in [1.165, 1.54) is 14.2 Å². The molecule has 47 heavy (non-hydrogen) atoms. The SMILES string of the molecule is COc1cc([C@H]2C3=CC[C@@H]4C(=O)N(c5ccc(C(=O)c6ccccc6)cc5)C(=O)[C@@H]4[C@@H]3C[C@@]3(Cl)C(=O)N(C)C(=O)[C@@]23Cl)cc(I)c1O. The van der Waals surface area contributed by atoms with Gasteiger partial charge in [0.2, 0.25) is 11.8 Å². The molecule has 6 atom stereocenters. The van der Waals surface area contributed by atoms with Gasteiger partial charge in [-0.15, -0.1) is 23.2 Å². The number of imide groups is 2. The Kier molecular flexibility index (Phi) is 7.57. The molecule has 12 heteroatoms. The number of anilines is 1. The summed E-state index contributed by atoms with van der Waals surface area (Å²) in [5, 5.41) is 10.6. The number of ketones is 1. The highest BCUT2D eigenvalue weighted by Crippen LogP contribution is 2.65. The third kappa shape index (κ3) is 4.37. The summed E-state index contributed by atoms with van der Waals surface area (Å²) in [5.74, 6) is -5.65. The Labute approximate surface area is 293 Å². The molecule has 7 rings (SSSR count). The number of alkyl halides is 2. The Bertz CT molecular complexity index is 1930. The highest BCUT2D eigenvalue weighted by molar-refractivity contribution is 14.1. The zero-order chi connectivity index (χ0) is 33.6. The molecule has 2 aliphatic carbocycles. The predicted molar refractivity (Wildman–Crippen MR) is 182 cm³/mol. The van der Waals surface area contributed by atoms with Crippen molar-refractivity contribution < 1.29 is 33.8 Å². The van der Waals surface area contributed by atoms with Crippen LogP contribution in [-0.2, 0) is 19.2 Å². The van der Waals surface area contributed by atoms with Crippen LogP contribution < -0.4 is 9.64 Å². The van der Waals surface area contributed by atoms with Crippen LogP contribution in [0.3, 0.4) is 0 Å². The Balaban J connectivity index is 1.30. The summed E-state index contributed by atoms with van der Waals surface area (Å²) < 4.78 is 5.83. The van der Waals surface area contributed by atoms with E-state index in [4.69, 9.17) is 27.9 Å². The lowest BCUT2D eigenvalue weighted by atomic mass is 9.56. The highest BCUT2D eigenvalue weighted by atomic mass is 127. The second-order valence-electron chi connectivity index (χ2n) is 12.3. The van der Waals surface area contributed by atoms with E-state index in [2.05, 4.69) is 0 Å². The van der Waals surface area contributed by atoms with Crippen LogP contribution in [-0.4, -0.2) is 63.3 Å². The molecule has 0 aromatic heterocycles. The average Bonchev–Trinajstić information content (AvgIpc) is 3.40. The fourth-order valence-corrected chi connectivity index (χ4v) is 9.45. The second-order valence-corrected chi connectivity index (χ2v) is 14.7. The maximum absolute atomic E-state index is 14.3. The Morgan fingerprint density at radius 3 is 2.26 bits per heavy atom. The van der Waals surface area contributed by atoms with Crippen LogP contribution in [0.15, 0.2) is 78.4 Å². The fraction of sp³-hybridized carbons (Fsp3) is 0.286. The van der Waals surface area contributed by atoms with E-state index >= 15 is 0 Å². The molecule has 3 aromatic carbocycles. The van der Waals surface area contributed by atoms with Gasteiger partial charge in [-0.1, -0.05) is 42.0 Å². The van der Waals surface area contributed by atoms with E-state index in [0.29, 0.717) is 31.5 Å². The van der Waals surface area contributed by atoms with Crippen molar-refractivity contribution in [2.45, 2.75) is 28.5 Å². The number of aromatic hydroxyl groups is 1. The number of hydrogen-bond donors (Lipinski definition) is 1. The van der Waals surface area contributed by atoms with Gasteiger partial charge in [-0.25, -0.2) is 0 Å². The van der Waals surface area contributed by atoms with Crippen molar-refractivity contribution in [1.29, 1.82) is 0 Å². The molecule has 4 aliphatic rings. The number of ether oxygens (including phenoxy) is 1. The van der Waals surface area contributed by atoms with Gasteiger partial charge in [0.15, 0.2) is 27.0 Å². The molecule has 0 radical (unpaired) electrons. The van der Waals surface area contributed by atoms with E-state index in [1.54, 1.807) is 60.7 Å². The van der Waals surface area contributed by atoms with Gasteiger partial charge in [0, 0.05) is 24.1 Å².